The molecule has 0 aliphatic rings. The SMILES string of the molecule is Cc1cc(=O)[nH]c(SCc2c[n+]3cccnc3[nH]2)n1. The highest BCUT2D eigenvalue weighted by Gasteiger charge is 2.09. The molecule has 3 rings (SSSR count). The van der Waals surface area contributed by atoms with Crippen LogP contribution in [-0.4, -0.2) is 19.9 Å². The number of nitrogens with zero attached hydrogens (tertiary/aromatic N) is 3. The molecule has 0 fully saturated rings. The summed E-state index contributed by atoms with van der Waals surface area (Å²) in [5.74, 6) is 1.49. The maximum atomic E-state index is 11.3. The van der Waals surface area contributed by atoms with Gasteiger partial charge in [0.2, 0.25) is 0 Å². The van der Waals surface area contributed by atoms with Crippen LogP contribution in [0.15, 0.2) is 40.7 Å². The van der Waals surface area contributed by atoms with Crippen LogP contribution in [0.3, 0.4) is 0 Å². The van der Waals surface area contributed by atoms with Crippen LogP contribution in [0.2, 0.25) is 0 Å². The zero-order valence-electron chi connectivity index (χ0n) is 10.3. The number of imidazole rings is 1. The van der Waals surface area contributed by atoms with Crippen molar-refractivity contribution in [3.8, 4) is 0 Å². The van der Waals surface area contributed by atoms with Crippen molar-refractivity contribution in [2.75, 3.05) is 0 Å². The zero-order chi connectivity index (χ0) is 13.2. The number of aromatic amines is 2. The average molecular weight is 274 g/mol. The predicted molar refractivity (Wildman–Crippen MR) is 70.9 cm³/mol. The molecular formula is C12H12N5OS+. The Balaban J connectivity index is 1.80. The van der Waals surface area contributed by atoms with Gasteiger partial charge in [0.05, 0.1) is 11.9 Å². The van der Waals surface area contributed by atoms with Gasteiger partial charge in [-0.3, -0.25) is 4.79 Å². The number of nitrogens with one attached hydrogen (secondary N) is 2. The maximum absolute atomic E-state index is 11.3. The molecule has 0 radical (unpaired) electrons. The lowest BCUT2D eigenvalue weighted by atomic mass is 10.5. The second-order valence-electron chi connectivity index (χ2n) is 4.11. The first kappa shape index (κ1) is 11.9. The molecule has 0 aliphatic carbocycles. The number of thioether (sulfide) groups is 1. The van der Waals surface area contributed by atoms with E-state index in [4.69, 9.17) is 0 Å². The first-order chi connectivity index (χ1) is 9.20. The Morgan fingerprint density at radius 3 is 3.11 bits per heavy atom. The van der Waals surface area contributed by atoms with Gasteiger partial charge in [-0.2, -0.15) is 0 Å². The Morgan fingerprint density at radius 2 is 2.32 bits per heavy atom. The highest BCUT2D eigenvalue weighted by Crippen LogP contribution is 2.16. The minimum absolute atomic E-state index is 0.123. The van der Waals surface area contributed by atoms with Crippen molar-refractivity contribution in [2.24, 2.45) is 0 Å². The van der Waals surface area contributed by atoms with Crippen LogP contribution in [0, 0.1) is 6.92 Å². The van der Waals surface area contributed by atoms with Gasteiger partial charge in [0, 0.05) is 17.8 Å². The number of hydrogen-bond donors (Lipinski definition) is 2. The summed E-state index contributed by atoms with van der Waals surface area (Å²) in [6, 6.07) is 3.35. The number of aryl methyl sites for hydroxylation is 1. The van der Waals surface area contributed by atoms with E-state index in [1.165, 1.54) is 17.8 Å². The lowest BCUT2D eigenvalue weighted by Gasteiger charge is -1.98. The molecule has 7 heteroatoms. The molecule has 0 saturated heterocycles. The van der Waals surface area contributed by atoms with Crippen molar-refractivity contribution in [3.05, 3.63) is 52.5 Å². The van der Waals surface area contributed by atoms with Gasteiger partial charge in [0.25, 0.3) is 5.56 Å². The number of hydrogen-bond acceptors (Lipinski definition) is 4. The summed E-state index contributed by atoms with van der Waals surface area (Å²) in [5, 5.41) is 0.626. The van der Waals surface area contributed by atoms with E-state index in [1.54, 1.807) is 6.20 Å². The largest absolute Gasteiger partial charge is 0.400 e. The summed E-state index contributed by atoms with van der Waals surface area (Å²) in [6.07, 6.45) is 5.64. The molecule has 3 aromatic heterocycles. The summed E-state index contributed by atoms with van der Waals surface area (Å²) in [4.78, 5) is 25.7. The normalized spacial score (nSPS) is 11.0. The molecule has 0 unspecified atom stereocenters. The van der Waals surface area contributed by atoms with Gasteiger partial charge in [-0.1, -0.05) is 16.7 Å². The summed E-state index contributed by atoms with van der Waals surface area (Å²) < 4.78 is 1.92. The van der Waals surface area contributed by atoms with Gasteiger partial charge in [-0.25, -0.2) is 14.4 Å². The fourth-order valence-corrected chi connectivity index (χ4v) is 2.59. The average Bonchev–Trinajstić information content (AvgIpc) is 2.78. The molecule has 0 atom stereocenters. The number of aromatic nitrogens is 5. The van der Waals surface area contributed by atoms with Crippen molar-refractivity contribution in [2.45, 2.75) is 17.8 Å². The van der Waals surface area contributed by atoms with Gasteiger partial charge in [0.1, 0.15) is 18.1 Å². The molecule has 0 aromatic carbocycles. The number of rotatable bonds is 3. The van der Waals surface area contributed by atoms with E-state index >= 15 is 0 Å². The van der Waals surface area contributed by atoms with E-state index in [1.807, 2.05) is 29.8 Å². The smallest absolute Gasteiger partial charge is 0.301 e. The lowest BCUT2D eigenvalue weighted by molar-refractivity contribution is -0.512. The summed E-state index contributed by atoms with van der Waals surface area (Å²) in [5.41, 5.74) is 1.62. The van der Waals surface area contributed by atoms with E-state index in [0.717, 1.165) is 17.2 Å². The van der Waals surface area contributed by atoms with Crippen molar-refractivity contribution in [3.63, 3.8) is 0 Å². The third-order valence-corrected chi connectivity index (χ3v) is 3.48. The second kappa shape index (κ2) is 4.85. The predicted octanol–water partition coefficient (Wildman–Crippen LogP) is 0.832. The van der Waals surface area contributed by atoms with E-state index in [0.29, 0.717) is 10.9 Å². The fourth-order valence-electron chi connectivity index (χ4n) is 1.77. The second-order valence-corrected chi connectivity index (χ2v) is 5.07. The van der Waals surface area contributed by atoms with Gasteiger partial charge < -0.3 is 4.98 Å². The van der Waals surface area contributed by atoms with Gasteiger partial charge in [0.15, 0.2) is 5.16 Å². The molecule has 6 nitrogen and oxygen atoms in total. The lowest BCUT2D eigenvalue weighted by Crippen LogP contribution is -2.17. The molecule has 3 heterocycles. The van der Waals surface area contributed by atoms with Gasteiger partial charge in [-0.15, -0.1) is 0 Å². The van der Waals surface area contributed by atoms with E-state index < -0.39 is 0 Å². The molecule has 96 valence electrons. The van der Waals surface area contributed by atoms with Crippen LogP contribution in [0.5, 0.6) is 0 Å². The van der Waals surface area contributed by atoms with Gasteiger partial charge in [-0.05, 0) is 6.92 Å². The van der Waals surface area contributed by atoms with E-state index in [9.17, 15) is 4.79 Å². The Hall–Kier alpha value is -2.15. The molecule has 3 aromatic rings. The maximum Gasteiger partial charge on any atom is 0.400 e. The third-order valence-electron chi connectivity index (χ3n) is 2.55. The molecule has 19 heavy (non-hydrogen) atoms. The van der Waals surface area contributed by atoms with Crippen LogP contribution in [0.4, 0.5) is 0 Å². The highest BCUT2D eigenvalue weighted by molar-refractivity contribution is 7.98. The fraction of sp³-hybridized carbons (Fsp3) is 0.167. The Bertz CT molecular complexity index is 746. The topological polar surface area (TPSA) is 78.5 Å². The Labute approximate surface area is 112 Å². The van der Waals surface area contributed by atoms with Crippen molar-refractivity contribution < 1.29 is 4.40 Å². The van der Waals surface area contributed by atoms with E-state index in [2.05, 4.69) is 19.9 Å². The minimum Gasteiger partial charge on any atom is -0.301 e. The highest BCUT2D eigenvalue weighted by atomic mass is 32.2. The molecule has 2 N–H and O–H groups in total. The van der Waals surface area contributed by atoms with E-state index in [-0.39, 0.29) is 5.56 Å². The first-order valence-corrected chi connectivity index (χ1v) is 6.74. The van der Waals surface area contributed by atoms with Gasteiger partial charge >= 0.3 is 5.78 Å². The summed E-state index contributed by atoms with van der Waals surface area (Å²) >= 11 is 1.48. The molecule has 0 bridgehead atoms. The molecular weight excluding hydrogens is 262 g/mol. The van der Waals surface area contributed by atoms with Crippen LogP contribution in [0.1, 0.15) is 11.4 Å². The van der Waals surface area contributed by atoms with Crippen LogP contribution in [0.25, 0.3) is 5.78 Å². The molecule has 0 aliphatic heterocycles. The molecule has 0 spiro atoms. The number of fused-ring (bicyclic) bond motifs is 1. The number of H-pyrrole nitrogens is 2. The third kappa shape index (κ3) is 2.65. The van der Waals surface area contributed by atoms with Crippen molar-refractivity contribution >= 4 is 17.5 Å². The summed E-state index contributed by atoms with van der Waals surface area (Å²) in [6.45, 7) is 1.81. The minimum atomic E-state index is -0.123. The zero-order valence-corrected chi connectivity index (χ0v) is 11.1. The van der Waals surface area contributed by atoms with Crippen LogP contribution < -0.4 is 9.96 Å². The van der Waals surface area contributed by atoms with Crippen LogP contribution in [-0.2, 0) is 5.75 Å². The Kier molecular flexibility index (Phi) is 3.04. The Morgan fingerprint density at radius 1 is 1.42 bits per heavy atom. The standard InChI is InChI=1S/C12H11N5OS/c1-8-5-10(18)16-12(14-8)19-7-9-6-17-4-2-3-13-11(17)15-9/h2-6H,7H2,1H3,(H,14,16,18)/p+1. The summed E-state index contributed by atoms with van der Waals surface area (Å²) in [7, 11) is 0. The molecule has 0 saturated carbocycles. The first-order valence-electron chi connectivity index (χ1n) is 5.75. The monoisotopic (exact) mass is 274 g/mol. The van der Waals surface area contributed by atoms with Crippen molar-refractivity contribution in [1.29, 1.82) is 0 Å². The quantitative estimate of drug-likeness (QED) is 0.421. The van der Waals surface area contributed by atoms with Crippen LogP contribution >= 0.6 is 11.8 Å². The van der Waals surface area contributed by atoms with Crippen molar-refractivity contribution in [1.82, 2.24) is 19.9 Å². The molecule has 0 amide bonds.